The summed E-state index contributed by atoms with van der Waals surface area (Å²) in [5.41, 5.74) is 5.55. The minimum atomic E-state index is -3.50. The maximum atomic E-state index is 12.4. The summed E-state index contributed by atoms with van der Waals surface area (Å²) >= 11 is 6.37. The lowest BCUT2D eigenvalue weighted by Crippen LogP contribution is -2.39. The van der Waals surface area contributed by atoms with Gasteiger partial charge >= 0.3 is 0 Å². The zero-order chi connectivity index (χ0) is 15.4. The number of hydrogen-bond donors (Lipinski definition) is 2. The molecule has 0 aliphatic heterocycles. The van der Waals surface area contributed by atoms with E-state index in [0.29, 0.717) is 16.9 Å². The van der Waals surface area contributed by atoms with E-state index in [1.807, 2.05) is 6.26 Å². The molecule has 0 saturated heterocycles. The Morgan fingerprint density at radius 1 is 1.45 bits per heavy atom. The topological polar surface area (TPSA) is 72.2 Å². The van der Waals surface area contributed by atoms with Crippen LogP contribution in [0.25, 0.3) is 0 Å². The third-order valence-electron chi connectivity index (χ3n) is 3.50. The molecular formula is C12H21BrN2O2S3. The number of thioether (sulfide) groups is 1. The van der Waals surface area contributed by atoms with Gasteiger partial charge in [-0.05, 0) is 41.1 Å². The fourth-order valence-corrected chi connectivity index (χ4v) is 6.42. The van der Waals surface area contributed by atoms with Crippen molar-refractivity contribution in [2.24, 2.45) is 5.73 Å². The SMILES string of the molecule is CCC(CC)(CNS(=O)(=O)c1cc(CN)sc1Br)SC. The van der Waals surface area contributed by atoms with Gasteiger partial charge in [0, 0.05) is 22.7 Å². The maximum Gasteiger partial charge on any atom is 0.242 e. The molecule has 4 nitrogen and oxygen atoms in total. The Morgan fingerprint density at radius 2 is 2.05 bits per heavy atom. The van der Waals surface area contributed by atoms with E-state index in [4.69, 9.17) is 5.73 Å². The van der Waals surface area contributed by atoms with Gasteiger partial charge in [-0.1, -0.05) is 13.8 Å². The summed E-state index contributed by atoms with van der Waals surface area (Å²) in [5, 5.41) is 0. The molecule has 0 amide bonds. The van der Waals surface area contributed by atoms with Gasteiger partial charge in [0.15, 0.2) is 0 Å². The molecule has 0 bridgehead atoms. The highest BCUT2D eigenvalue weighted by Crippen LogP contribution is 2.33. The summed E-state index contributed by atoms with van der Waals surface area (Å²) in [6, 6.07) is 1.63. The summed E-state index contributed by atoms with van der Waals surface area (Å²) in [6.07, 6.45) is 3.87. The second-order valence-corrected chi connectivity index (χ2v) is 9.94. The molecule has 0 aliphatic rings. The van der Waals surface area contributed by atoms with Gasteiger partial charge in [-0.15, -0.1) is 11.3 Å². The average Bonchev–Trinajstić information content (AvgIpc) is 2.83. The van der Waals surface area contributed by atoms with Crippen molar-refractivity contribution in [2.75, 3.05) is 12.8 Å². The highest BCUT2D eigenvalue weighted by Gasteiger charge is 2.28. The third-order valence-corrected chi connectivity index (χ3v) is 8.77. The molecule has 0 radical (unpaired) electrons. The van der Waals surface area contributed by atoms with Crippen LogP contribution in [0.3, 0.4) is 0 Å². The number of nitrogens with one attached hydrogen (secondary N) is 1. The van der Waals surface area contributed by atoms with Gasteiger partial charge in [0.05, 0.1) is 3.79 Å². The van der Waals surface area contributed by atoms with Crippen LogP contribution in [-0.4, -0.2) is 26.0 Å². The first kappa shape index (κ1) is 18.4. The lowest BCUT2D eigenvalue weighted by Gasteiger charge is -2.29. The van der Waals surface area contributed by atoms with Crippen LogP contribution in [0.2, 0.25) is 0 Å². The van der Waals surface area contributed by atoms with Crippen LogP contribution in [0, 0.1) is 0 Å². The predicted octanol–water partition coefficient (Wildman–Crippen LogP) is 3.17. The van der Waals surface area contributed by atoms with Crippen molar-refractivity contribution >= 4 is 49.1 Å². The second kappa shape index (κ2) is 7.60. The Kier molecular flexibility index (Phi) is 7.01. The van der Waals surface area contributed by atoms with Crippen LogP contribution in [0.1, 0.15) is 31.6 Å². The maximum absolute atomic E-state index is 12.4. The first-order chi connectivity index (χ1) is 9.34. The monoisotopic (exact) mass is 400 g/mol. The number of halogens is 1. The summed E-state index contributed by atoms with van der Waals surface area (Å²) in [7, 11) is -3.50. The normalized spacial score (nSPS) is 12.8. The van der Waals surface area contributed by atoms with E-state index in [1.54, 1.807) is 17.8 Å². The smallest absolute Gasteiger partial charge is 0.242 e. The van der Waals surface area contributed by atoms with E-state index in [1.165, 1.54) is 11.3 Å². The average molecular weight is 401 g/mol. The van der Waals surface area contributed by atoms with Crippen LogP contribution in [-0.2, 0) is 16.6 Å². The Labute approximate surface area is 138 Å². The Bertz CT molecular complexity index is 531. The number of hydrogen-bond acceptors (Lipinski definition) is 5. The molecule has 0 saturated carbocycles. The second-order valence-electron chi connectivity index (χ2n) is 4.47. The molecule has 0 unspecified atom stereocenters. The minimum Gasteiger partial charge on any atom is -0.326 e. The van der Waals surface area contributed by atoms with Crippen LogP contribution in [0.4, 0.5) is 0 Å². The molecule has 1 heterocycles. The fraction of sp³-hybridized carbons (Fsp3) is 0.667. The number of nitrogens with two attached hydrogens (primary N) is 1. The molecule has 0 atom stereocenters. The molecule has 1 aromatic heterocycles. The number of rotatable bonds is 8. The van der Waals surface area contributed by atoms with Gasteiger partial charge < -0.3 is 5.73 Å². The van der Waals surface area contributed by atoms with Gasteiger partial charge in [0.2, 0.25) is 10.0 Å². The lowest BCUT2D eigenvalue weighted by atomic mass is 10.0. The van der Waals surface area contributed by atoms with Gasteiger partial charge in [0.1, 0.15) is 4.90 Å². The van der Waals surface area contributed by atoms with Crippen LogP contribution in [0.15, 0.2) is 14.7 Å². The van der Waals surface area contributed by atoms with E-state index in [0.717, 1.165) is 17.7 Å². The highest BCUT2D eigenvalue weighted by atomic mass is 79.9. The van der Waals surface area contributed by atoms with Crippen molar-refractivity contribution in [3.63, 3.8) is 0 Å². The molecule has 0 fully saturated rings. The zero-order valence-electron chi connectivity index (χ0n) is 11.9. The molecule has 116 valence electrons. The van der Waals surface area contributed by atoms with Crippen molar-refractivity contribution < 1.29 is 8.42 Å². The zero-order valence-corrected chi connectivity index (χ0v) is 15.9. The summed E-state index contributed by atoms with van der Waals surface area (Å²) in [4.78, 5) is 1.13. The number of thiophene rings is 1. The largest absolute Gasteiger partial charge is 0.326 e. The van der Waals surface area contributed by atoms with Crippen LogP contribution >= 0.6 is 39.0 Å². The van der Waals surface area contributed by atoms with E-state index < -0.39 is 10.0 Å². The molecule has 0 spiro atoms. The van der Waals surface area contributed by atoms with Gasteiger partial charge in [-0.3, -0.25) is 0 Å². The van der Waals surface area contributed by atoms with Crippen molar-refractivity contribution in [1.82, 2.24) is 4.72 Å². The lowest BCUT2D eigenvalue weighted by molar-refractivity contribution is 0.522. The quantitative estimate of drug-likeness (QED) is 0.702. The fourth-order valence-electron chi connectivity index (χ4n) is 1.85. The minimum absolute atomic E-state index is 0.0493. The van der Waals surface area contributed by atoms with Gasteiger partial charge in [0.25, 0.3) is 0 Å². The van der Waals surface area contributed by atoms with Gasteiger partial charge in [-0.25, -0.2) is 13.1 Å². The van der Waals surface area contributed by atoms with Crippen molar-refractivity contribution in [1.29, 1.82) is 0 Å². The van der Waals surface area contributed by atoms with E-state index in [2.05, 4.69) is 34.5 Å². The summed E-state index contributed by atoms with van der Waals surface area (Å²) in [6.45, 7) is 4.95. The molecule has 8 heteroatoms. The Balaban J connectivity index is 2.92. The van der Waals surface area contributed by atoms with Crippen molar-refractivity contribution in [2.45, 2.75) is 42.9 Å². The summed E-state index contributed by atoms with van der Waals surface area (Å²) in [5.74, 6) is 0. The summed E-state index contributed by atoms with van der Waals surface area (Å²) < 4.78 is 28.1. The standard InChI is InChI=1S/C12H21BrN2O2S3/c1-4-12(5-2,18-3)8-15-20(16,17)10-6-9(7-14)19-11(10)13/h6,15H,4-5,7-8,14H2,1-3H3. The van der Waals surface area contributed by atoms with Crippen LogP contribution < -0.4 is 10.5 Å². The molecule has 0 aromatic carbocycles. The molecule has 20 heavy (non-hydrogen) atoms. The number of sulfonamides is 1. The van der Waals surface area contributed by atoms with E-state index in [-0.39, 0.29) is 9.64 Å². The Hall–Kier alpha value is 0.400. The first-order valence-electron chi connectivity index (χ1n) is 6.37. The van der Waals surface area contributed by atoms with Crippen molar-refractivity contribution in [3.05, 3.63) is 14.7 Å². The molecule has 0 aliphatic carbocycles. The van der Waals surface area contributed by atoms with E-state index >= 15 is 0 Å². The molecular weight excluding hydrogens is 380 g/mol. The molecule has 3 N–H and O–H groups in total. The first-order valence-corrected chi connectivity index (χ1v) is 10.7. The highest BCUT2D eigenvalue weighted by molar-refractivity contribution is 9.11. The predicted molar refractivity (Wildman–Crippen MR) is 91.9 cm³/mol. The molecule has 1 rings (SSSR count). The van der Waals surface area contributed by atoms with Gasteiger partial charge in [-0.2, -0.15) is 11.8 Å². The van der Waals surface area contributed by atoms with Crippen molar-refractivity contribution in [3.8, 4) is 0 Å². The Morgan fingerprint density at radius 3 is 2.45 bits per heavy atom. The van der Waals surface area contributed by atoms with E-state index in [9.17, 15) is 8.42 Å². The molecule has 1 aromatic rings. The third kappa shape index (κ3) is 4.20. The van der Waals surface area contributed by atoms with Crippen LogP contribution in [0.5, 0.6) is 0 Å².